The zero-order valence-electron chi connectivity index (χ0n) is 15.1. The van der Waals surface area contributed by atoms with Crippen LogP contribution in [-0.4, -0.2) is 34.5 Å². The molecule has 0 atom stereocenters. The van der Waals surface area contributed by atoms with E-state index in [1.54, 1.807) is 6.92 Å². The highest BCUT2D eigenvalue weighted by Gasteiger charge is 2.31. The Labute approximate surface area is 153 Å². The van der Waals surface area contributed by atoms with E-state index in [9.17, 15) is 9.59 Å². The lowest BCUT2D eigenvalue weighted by atomic mass is 10.0. The van der Waals surface area contributed by atoms with Crippen LogP contribution in [-0.2, 0) is 17.6 Å². The van der Waals surface area contributed by atoms with Crippen LogP contribution >= 0.6 is 0 Å². The standard InChI is InChI=1S/C21H25NO4/c1-15-14-26-18(13-19(23)24)20(15)21(25)22(17-9-5-6-10-17)12-11-16-7-3-2-4-8-16/h2-4,7-8,14,17H,5-6,9-13H2,1H3,(H,23,24). The molecule has 0 unspecified atom stereocenters. The smallest absolute Gasteiger partial charge is 0.311 e. The molecule has 1 aromatic heterocycles. The summed E-state index contributed by atoms with van der Waals surface area (Å²) in [7, 11) is 0. The van der Waals surface area contributed by atoms with Gasteiger partial charge in [0.15, 0.2) is 0 Å². The first-order valence-electron chi connectivity index (χ1n) is 9.20. The van der Waals surface area contributed by atoms with Crippen molar-refractivity contribution in [2.24, 2.45) is 0 Å². The lowest BCUT2D eigenvalue weighted by Crippen LogP contribution is -2.40. The molecule has 0 spiro atoms. The largest absolute Gasteiger partial charge is 0.481 e. The molecule has 1 aliphatic rings. The predicted molar refractivity (Wildman–Crippen MR) is 98.2 cm³/mol. The van der Waals surface area contributed by atoms with Crippen molar-refractivity contribution in [3.05, 3.63) is 59.0 Å². The molecule has 1 saturated carbocycles. The minimum Gasteiger partial charge on any atom is -0.481 e. The van der Waals surface area contributed by atoms with Crippen molar-refractivity contribution in [2.45, 2.75) is 51.5 Å². The average Bonchev–Trinajstić information content (AvgIpc) is 3.26. The van der Waals surface area contributed by atoms with Gasteiger partial charge >= 0.3 is 5.97 Å². The summed E-state index contributed by atoms with van der Waals surface area (Å²) < 4.78 is 5.37. The molecule has 3 rings (SSSR count). The molecule has 26 heavy (non-hydrogen) atoms. The van der Waals surface area contributed by atoms with Gasteiger partial charge in [-0.1, -0.05) is 43.2 Å². The van der Waals surface area contributed by atoms with Crippen LogP contribution in [0.2, 0.25) is 0 Å². The van der Waals surface area contributed by atoms with Crippen molar-refractivity contribution >= 4 is 11.9 Å². The number of aliphatic carboxylic acids is 1. The van der Waals surface area contributed by atoms with E-state index < -0.39 is 5.97 Å². The maximum atomic E-state index is 13.3. The first-order chi connectivity index (χ1) is 12.6. The van der Waals surface area contributed by atoms with E-state index in [1.807, 2.05) is 23.1 Å². The number of benzene rings is 1. The first kappa shape index (κ1) is 18.2. The number of nitrogens with zero attached hydrogens (tertiary/aromatic N) is 1. The highest BCUT2D eigenvalue weighted by Crippen LogP contribution is 2.28. The molecule has 0 radical (unpaired) electrons. The summed E-state index contributed by atoms with van der Waals surface area (Å²) in [6.45, 7) is 2.43. The van der Waals surface area contributed by atoms with E-state index in [-0.39, 0.29) is 24.1 Å². The van der Waals surface area contributed by atoms with Gasteiger partial charge in [-0.25, -0.2) is 0 Å². The third kappa shape index (κ3) is 4.15. The second-order valence-electron chi connectivity index (χ2n) is 6.96. The number of carbonyl (C=O) groups is 2. The number of amides is 1. The van der Waals surface area contributed by atoms with Crippen LogP contribution in [0, 0.1) is 6.92 Å². The van der Waals surface area contributed by atoms with Crippen LogP contribution in [0.1, 0.15) is 52.9 Å². The van der Waals surface area contributed by atoms with Crippen LogP contribution in [0.25, 0.3) is 0 Å². The van der Waals surface area contributed by atoms with E-state index in [4.69, 9.17) is 9.52 Å². The summed E-state index contributed by atoms with van der Waals surface area (Å²) in [6, 6.07) is 10.3. The Morgan fingerprint density at radius 2 is 1.88 bits per heavy atom. The van der Waals surface area contributed by atoms with Gasteiger partial charge in [0.1, 0.15) is 12.2 Å². The van der Waals surface area contributed by atoms with E-state index in [0.29, 0.717) is 17.7 Å². The summed E-state index contributed by atoms with van der Waals surface area (Å²) in [5, 5.41) is 9.10. The van der Waals surface area contributed by atoms with Crippen molar-refractivity contribution in [2.75, 3.05) is 6.54 Å². The zero-order valence-corrected chi connectivity index (χ0v) is 15.1. The third-order valence-electron chi connectivity index (χ3n) is 5.09. The number of carbonyl (C=O) groups excluding carboxylic acids is 1. The summed E-state index contributed by atoms with van der Waals surface area (Å²) in [6.07, 6.45) is 6.27. The van der Waals surface area contributed by atoms with Gasteiger partial charge in [-0.15, -0.1) is 0 Å². The number of hydrogen-bond acceptors (Lipinski definition) is 3. The fourth-order valence-electron chi connectivity index (χ4n) is 3.76. The molecule has 5 nitrogen and oxygen atoms in total. The van der Waals surface area contributed by atoms with Gasteiger partial charge in [-0.3, -0.25) is 9.59 Å². The van der Waals surface area contributed by atoms with Gasteiger partial charge in [0.2, 0.25) is 0 Å². The van der Waals surface area contributed by atoms with E-state index in [2.05, 4.69) is 12.1 Å². The van der Waals surface area contributed by atoms with E-state index >= 15 is 0 Å². The Balaban J connectivity index is 1.83. The Bertz CT molecular complexity index is 760. The fourth-order valence-corrected chi connectivity index (χ4v) is 3.76. The van der Waals surface area contributed by atoms with Crippen LogP contribution in [0.3, 0.4) is 0 Å². The van der Waals surface area contributed by atoms with Crippen molar-refractivity contribution in [3.8, 4) is 0 Å². The monoisotopic (exact) mass is 355 g/mol. The molecule has 1 amide bonds. The first-order valence-corrected chi connectivity index (χ1v) is 9.20. The maximum absolute atomic E-state index is 13.3. The minimum atomic E-state index is -0.995. The van der Waals surface area contributed by atoms with Gasteiger partial charge < -0.3 is 14.4 Å². The fraction of sp³-hybridized carbons (Fsp3) is 0.429. The highest BCUT2D eigenvalue weighted by atomic mass is 16.4. The van der Waals surface area contributed by atoms with Crippen LogP contribution in [0.15, 0.2) is 41.0 Å². The van der Waals surface area contributed by atoms with Gasteiger partial charge in [0.25, 0.3) is 5.91 Å². The maximum Gasteiger partial charge on any atom is 0.311 e. The lowest BCUT2D eigenvalue weighted by molar-refractivity contribution is -0.136. The Hall–Kier alpha value is -2.56. The lowest BCUT2D eigenvalue weighted by Gasteiger charge is -2.29. The van der Waals surface area contributed by atoms with Gasteiger partial charge in [0.05, 0.1) is 11.8 Å². The van der Waals surface area contributed by atoms with Crippen LogP contribution < -0.4 is 0 Å². The average molecular weight is 355 g/mol. The summed E-state index contributed by atoms with van der Waals surface area (Å²) in [5.74, 6) is -0.844. The topological polar surface area (TPSA) is 70.7 Å². The van der Waals surface area contributed by atoms with E-state index in [0.717, 1.165) is 32.1 Å². The second kappa shape index (κ2) is 8.21. The zero-order chi connectivity index (χ0) is 18.5. The molecule has 0 saturated heterocycles. The Kier molecular flexibility index (Phi) is 5.76. The number of rotatable bonds is 7. The Morgan fingerprint density at radius 1 is 1.19 bits per heavy atom. The number of aryl methyl sites for hydroxylation is 1. The predicted octanol–water partition coefficient (Wildman–Crippen LogP) is 3.84. The molecule has 1 aliphatic carbocycles. The molecule has 0 aliphatic heterocycles. The molecular weight excluding hydrogens is 330 g/mol. The molecular formula is C21H25NO4. The molecule has 5 heteroatoms. The van der Waals surface area contributed by atoms with Crippen molar-refractivity contribution in [1.82, 2.24) is 4.90 Å². The van der Waals surface area contributed by atoms with Gasteiger partial charge in [0, 0.05) is 18.2 Å². The molecule has 2 aromatic rings. The van der Waals surface area contributed by atoms with Gasteiger partial charge in [-0.2, -0.15) is 0 Å². The number of hydrogen-bond donors (Lipinski definition) is 1. The quantitative estimate of drug-likeness (QED) is 0.819. The normalized spacial score (nSPS) is 14.5. The molecule has 1 N–H and O–H groups in total. The number of carboxylic acid groups (broad SMARTS) is 1. The number of furan rings is 1. The molecule has 1 aromatic carbocycles. The molecule has 0 bridgehead atoms. The summed E-state index contributed by atoms with van der Waals surface area (Å²) in [5.41, 5.74) is 2.32. The minimum absolute atomic E-state index is 0.102. The molecule has 1 fully saturated rings. The van der Waals surface area contributed by atoms with Crippen molar-refractivity contribution in [3.63, 3.8) is 0 Å². The summed E-state index contributed by atoms with van der Waals surface area (Å²) >= 11 is 0. The van der Waals surface area contributed by atoms with Crippen molar-refractivity contribution < 1.29 is 19.1 Å². The van der Waals surface area contributed by atoms with E-state index in [1.165, 1.54) is 11.8 Å². The Morgan fingerprint density at radius 3 is 2.54 bits per heavy atom. The van der Waals surface area contributed by atoms with Crippen molar-refractivity contribution in [1.29, 1.82) is 0 Å². The second-order valence-corrected chi connectivity index (χ2v) is 6.96. The molecule has 138 valence electrons. The van der Waals surface area contributed by atoms with Crippen LogP contribution in [0.4, 0.5) is 0 Å². The number of carboxylic acids is 1. The molecule has 1 heterocycles. The summed E-state index contributed by atoms with van der Waals surface area (Å²) in [4.78, 5) is 26.3. The van der Waals surface area contributed by atoms with Gasteiger partial charge in [-0.05, 0) is 31.7 Å². The van der Waals surface area contributed by atoms with Crippen LogP contribution in [0.5, 0.6) is 0 Å². The third-order valence-corrected chi connectivity index (χ3v) is 5.09. The SMILES string of the molecule is Cc1coc(CC(=O)O)c1C(=O)N(CCc1ccccc1)C1CCCC1. The highest BCUT2D eigenvalue weighted by molar-refractivity contribution is 5.97.